The monoisotopic (exact) mass is 439 g/mol. The molecule has 4 heterocycles. The molecule has 1 aliphatic rings. The van der Waals surface area contributed by atoms with Crippen molar-refractivity contribution in [2.45, 2.75) is 24.9 Å². The minimum Gasteiger partial charge on any atom is -0.355 e. The molecule has 10 heteroatoms. The Morgan fingerprint density at radius 2 is 1.91 bits per heavy atom. The van der Waals surface area contributed by atoms with Crippen LogP contribution in [0, 0.1) is 0 Å². The van der Waals surface area contributed by atoms with Gasteiger partial charge in [-0.25, -0.2) is 19.9 Å². The van der Waals surface area contributed by atoms with Gasteiger partial charge in [0, 0.05) is 43.3 Å². The van der Waals surface area contributed by atoms with Gasteiger partial charge in [-0.05, 0) is 36.6 Å². The Kier molecular flexibility index (Phi) is 5.12. The molecule has 0 spiro atoms. The van der Waals surface area contributed by atoms with Crippen molar-refractivity contribution < 1.29 is 13.2 Å². The molecule has 0 amide bonds. The molecule has 1 saturated heterocycles. The van der Waals surface area contributed by atoms with E-state index in [-0.39, 0.29) is 5.95 Å². The summed E-state index contributed by atoms with van der Waals surface area (Å²) in [6, 6.07) is 9.83. The van der Waals surface area contributed by atoms with Crippen molar-refractivity contribution in [1.29, 1.82) is 0 Å². The number of piperidine rings is 1. The first-order chi connectivity index (χ1) is 15.5. The Labute approximate surface area is 181 Å². The van der Waals surface area contributed by atoms with Crippen LogP contribution in [0.3, 0.4) is 0 Å². The summed E-state index contributed by atoms with van der Waals surface area (Å²) in [6.07, 6.45) is 2.61. The summed E-state index contributed by atoms with van der Waals surface area (Å²) < 4.78 is 38.1. The van der Waals surface area contributed by atoms with Gasteiger partial charge in [0.05, 0.1) is 10.9 Å². The quantitative estimate of drug-likeness (QED) is 0.471. The predicted octanol–water partition coefficient (Wildman–Crippen LogP) is 4.89. The molecule has 0 aliphatic carbocycles. The van der Waals surface area contributed by atoms with Crippen LogP contribution in [0.15, 0.2) is 55.2 Å². The van der Waals surface area contributed by atoms with Gasteiger partial charge in [0.25, 0.3) is 0 Å². The fourth-order valence-electron chi connectivity index (χ4n) is 4.09. The van der Waals surface area contributed by atoms with E-state index in [1.807, 2.05) is 30.5 Å². The highest BCUT2D eigenvalue weighted by Gasteiger charge is 2.31. The SMILES string of the molecule is FC(F)(F)c1cnc(Nc2cccc(C3CCCN(c4ncnc5[nH]ccc45)C3)c2)nc1. The topological polar surface area (TPSA) is 82.6 Å². The lowest BCUT2D eigenvalue weighted by atomic mass is 9.90. The second kappa shape index (κ2) is 8.10. The summed E-state index contributed by atoms with van der Waals surface area (Å²) in [5.74, 6) is 1.34. The number of nitrogens with zero attached hydrogens (tertiary/aromatic N) is 5. The molecule has 5 rings (SSSR count). The van der Waals surface area contributed by atoms with E-state index in [4.69, 9.17) is 0 Å². The van der Waals surface area contributed by atoms with Crippen LogP contribution in [0.25, 0.3) is 11.0 Å². The molecular formula is C22H20F3N7. The summed E-state index contributed by atoms with van der Waals surface area (Å²) in [7, 11) is 0. The van der Waals surface area contributed by atoms with Crippen molar-refractivity contribution in [2.24, 2.45) is 0 Å². The molecule has 2 N–H and O–H groups in total. The molecule has 1 fully saturated rings. The molecule has 0 bridgehead atoms. The van der Waals surface area contributed by atoms with Crippen LogP contribution in [0.1, 0.15) is 29.9 Å². The maximum absolute atomic E-state index is 12.7. The maximum Gasteiger partial charge on any atom is 0.419 e. The molecule has 0 saturated carbocycles. The third-order valence-corrected chi connectivity index (χ3v) is 5.65. The number of aromatic nitrogens is 5. The van der Waals surface area contributed by atoms with Crippen LogP contribution in [0.5, 0.6) is 0 Å². The Hall–Kier alpha value is -3.69. The number of hydrogen-bond acceptors (Lipinski definition) is 6. The number of H-pyrrole nitrogens is 1. The van der Waals surface area contributed by atoms with Gasteiger partial charge in [0.1, 0.15) is 17.8 Å². The zero-order chi connectivity index (χ0) is 22.1. The molecule has 1 unspecified atom stereocenters. The Morgan fingerprint density at radius 3 is 2.72 bits per heavy atom. The highest BCUT2D eigenvalue weighted by Crippen LogP contribution is 2.33. The molecule has 4 aromatic rings. The van der Waals surface area contributed by atoms with E-state index in [9.17, 15) is 13.2 Å². The highest BCUT2D eigenvalue weighted by atomic mass is 19.4. The van der Waals surface area contributed by atoms with Crippen molar-refractivity contribution in [2.75, 3.05) is 23.3 Å². The summed E-state index contributed by atoms with van der Waals surface area (Å²) >= 11 is 0. The summed E-state index contributed by atoms with van der Waals surface area (Å²) in [5, 5.41) is 4.00. The first-order valence-electron chi connectivity index (χ1n) is 10.3. The van der Waals surface area contributed by atoms with Crippen molar-refractivity contribution in [3.05, 3.63) is 66.4 Å². The van der Waals surface area contributed by atoms with E-state index in [0.29, 0.717) is 5.92 Å². The first-order valence-corrected chi connectivity index (χ1v) is 10.3. The third-order valence-electron chi connectivity index (χ3n) is 5.65. The predicted molar refractivity (Wildman–Crippen MR) is 115 cm³/mol. The average molecular weight is 439 g/mol. The minimum atomic E-state index is -4.46. The Bertz CT molecular complexity index is 1220. The molecule has 1 atom stereocenters. The zero-order valence-electron chi connectivity index (χ0n) is 17.0. The summed E-state index contributed by atoms with van der Waals surface area (Å²) in [4.78, 5) is 21.8. The normalized spacial score (nSPS) is 17.0. The van der Waals surface area contributed by atoms with Gasteiger partial charge in [-0.15, -0.1) is 0 Å². The second-order valence-corrected chi connectivity index (χ2v) is 7.77. The average Bonchev–Trinajstić information content (AvgIpc) is 3.28. The number of benzene rings is 1. The van der Waals surface area contributed by atoms with Gasteiger partial charge in [0.15, 0.2) is 0 Å². The second-order valence-electron chi connectivity index (χ2n) is 7.77. The molecular weight excluding hydrogens is 419 g/mol. The van der Waals surface area contributed by atoms with Gasteiger partial charge in [0.2, 0.25) is 5.95 Å². The van der Waals surface area contributed by atoms with E-state index < -0.39 is 11.7 Å². The molecule has 0 radical (unpaired) electrons. The van der Waals surface area contributed by atoms with Crippen molar-refractivity contribution in [3.8, 4) is 0 Å². The standard InChI is InChI=1S/C22H20F3N7/c23-22(24,25)16-10-27-21(28-11-16)31-17-5-1-3-14(9-17)15-4-2-8-32(12-15)20-18-6-7-26-19(18)29-13-30-20/h1,3,5-7,9-11,13,15H,2,4,8,12H2,(H,26,29,30)(H,27,28,31). The minimum absolute atomic E-state index is 0.122. The fraction of sp³-hybridized carbons (Fsp3) is 0.273. The van der Waals surface area contributed by atoms with Crippen LogP contribution >= 0.6 is 0 Å². The van der Waals surface area contributed by atoms with E-state index in [0.717, 1.165) is 66.4 Å². The lowest BCUT2D eigenvalue weighted by Crippen LogP contribution is -2.35. The van der Waals surface area contributed by atoms with Crippen molar-refractivity contribution in [1.82, 2.24) is 24.9 Å². The molecule has 1 aliphatic heterocycles. The lowest BCUT2D eigenvalue weighted by Gasteiger charge is -2.34. The molecule has 1 aromatic carbocycles. The molecule has 7 nitrogen and oxygen atoms in total. The van der Waals surface area contributed by atoms with Gasteiger partial charge in [-0.2, -0.15) is 13.2 Å². The van der Waals surface area contributed by atoms with Crippen LogP contribution in [-0.2, 0) is 6.18 Å². The van der Waals surface area contributed by atoms with E-state index >= 15 is 0 Å². The third kappa shape index (κ3) is 4.08. The lowest BCUT2D eigenvalue weighted by molar-refractivity contribution is -0.138. The zero-order valence-corrected chi connectivity index (χ0v) is 17.0. The van der Waals surface area contributed by atoms with Crippen LogP contribution in [0.2, 0.25) is 0 Å². The van der Waals surface area contributed by atoms with Crippen LogP contribution in [-0.4, -0.2) is 38.0 Å². The smallest absolute Gasteiger partial charge is 0.355 e. The molecule has 32 heavy (non-hydrogen) atoms. The van der Waals surface area contributed by atoms with Crippen LogP contribution in [0.4, 0.5) is 30.6 Å². The number of fused-ring (bicyclic) bond motifs is 1. The molecule has 3 aromatic heterocycles. The van der Waals surface area contributed by atoms with E-state index in [2.05, 4.69) is 41.2 Å². The molecule has 164 valence electrons. The maximum atomic E-state index is 12.7. The number of alkyl halides is 3. The van der Waals surface area contributed by atoms with Crippen molar-refractivity contribution in [3.63, 3.8) is 0 Å². The van der Waals surface area contributed by atoms with Gasteiger partial charge < -0.3 is 15.2 Å². The Balaban J connectivity index is 1.33. The number of aromatic amines is 1. The van der Waals surface area contributed by atoms with Crippen LogP contribution < -0.4 is 10.2 Å². The van der Waals surface area contributed by atoms with E-state index in [1.165, 1.54) is 0 Å². The highest BCUT2D eigenvalue weighted by molar-refractivity contribution is 5.87. The van der Waals surface area contributed by atoms with Crippen molar-refractivity contribution >= 4 is 28.5 Å². The number of rotatable bonds is 4. The number of hydrogen-bond donors (Lipinski definition) is 2. The van der Waals surface area contributed by atoms with E-state index in [1.54, 1.807) is 6.33 Å². The Morgan fingerprint density at radius 1 is 1.06 bits per heavy atom. The number of anilines is 3. The summed E-state index contributed by atoms with van der Waals surface area (Å²) in [5.41, 5.74) is 1.82. The summed E-state index contributed by atoms with van der Waals surface area (Å²) in [6.45, 7) is 1.74. The largest absolute Gasteiger partial charge is 0.419 e. The van der Waals surface area contributed by atoms with Gasteiger partial charge >= 0.3 is 6.18 Å². The number of nitrogens with one attached hydrogen (secondary N) is 2. The van der Waals surface area contributed by atoms with Gasteiger partial charge in [-0.3, -0.25) is 0 Å². The number of halogens is 3. The van der Waals surface area contributed by atoms with Gasteiger partial charge in [-0.1, -0.05) is 12.1 Å². The first kappa shape index (κ1) is 20.2. The fourth-order valence-corrected chi connectivity index (χ4v) is 4.09.